The van der Waals surface area contributed by atoms with Crippen molar-refractivity contribution in [2.24, 2.45) is 0 Å². The number of carboxylic acid groups (broad SMARTS) is 1. The molecule has 0 aliphatic rings. The van der Waals surface area contributed by atoms with Crippen LogP contribution in [-0.2, 0) is 0 Å². The van der Waals surface area contributed by atoms with Gasteiger partial charge in [0.15, 0.2) is 0 Å². The Morgan fingerprint density at radius 3 is 2.22 bits per heavy atom. The first-order valence-corrected chi connectivity index (χ1v) is 9.13. The molecule has 0 saturated heterocycles. The molecule has 2 aromatic heterocycles. The minimum absolute atomic E-state index is 0.150. The third-order valence-corrected chi connectivity index (χ3v) is 5.59. The van der Waals surface area contributed by atoms with Crippen LogP contribution in [0.1, 0.15) is 10.4 Å². The van der Waals surface area contributed by atoms with Gasteiger partial charge in [-0.1, -0.05) is 54.1 Å². The number of fused-ring (bicyclic) bond motifs is 1. The second-order valence-corrected chi connectivity index (χ2v) is 7.50. The maximum Gasteiger partial charge on any atom is 0.335 e. The van der Waals surface area contributed by atoms with E-state index in [4.69, 9.17) is 16.7 Å². The number of pyridine rings is 1. The van der Waals surface area contributed by atoms with Gasteiger partial charge < -0.3 is 15.2 Å². The Morgan fingerprint density at radius 1 is 0.963 bits per heavy atom. The van der Waals surface area contributed by atoms with Crippen molar-refractivity contribution < 1.29 is 15.0 Å². The number of hydrogen-bond acceptors (Lipinski definition) is 4. The summed E-state index contributed by atoms with van der Waals surface area (Å²) < 4.78 is 0.393. The number of aromatic carboxylic acids is 1. The maximum absolute atomic E-state index is 12.5. The lowest BCUT2D eigenvalue weighted by molar-refractivity contribution is 0.0697. The van der Waals surface area contributed by atoms with Crippen LogP contribution in [0.4, 0.5) is 0 Å². The van der Waals surface area contributed by atoms with Crippen molar-refractivity contribution in [3.05, 3.63) is 74.9 Å². The smallest absolute Gasteiger partial charge is 0.335 e. The number of benzene rings is 2. The molecule has 0 saturated carbocycles. The van der Waals surface area contributed by atoms with Gasteiger partial charge in [0.2, 0.25) is 0 Å². The first-order valence-electron chi connectivity index (χ1n) is 7.93. The molecule has 7 heteroatoms. The van der Waals surface area contributed by atoms with Gasteiger partial charge in [0.25, 0.3) is 5.56 Å². The molecule has 0 amide bonds. The minimum atomic E-state index is -1.03. The van der Waals surface area contributed by atoms with Gasteiger partial charge in [0.05, 0.1) is 16.5 Å². The molecular formula is C20H12ClNO4S. The molecule has 0 bridgehead atoms. The lowest BCUT2D eigenvalue weighted by Crippen LogP contribution is -2.08. The number of thiophene rings is 1. The third kappa shape index (κ3) is 2.89. The molecule has 0 aliphatic heterocycles. The second kappa shape index (κ2) is 6.57. The minimum Gasteiger partial charge on any atom is -0.506 e. The van der Waals surface area contributed by atoms with Gasteiger partial charge in [0.1, 0.15) is 14.9 Å². The zero-order valence-electron chi connectivity index (χ0n) is 13.7. The van der Waals surface area contributed by atoms with Crippen molar-refractivity contribution in [3.8, 4) is 28.0 Å². The van der Waals surface area contributed by atoms with Crippen molar-refractivity contribution in [1.29, 1.82) is 0 Å². The van der Waals surface area contributed by atoms with Crippen LogP contribution in [-0.4, -0.2) is 21.2 Å². The summed E-state index contributed by atoms with van der Waals surface area (Å²) in [6, 6.07) is 15.1. The Hall–Kier alpha value is -3.09. The van der Waals surface area contributed by atoms with E-state index in [-0.39, 0.29) is 16.9 Å². The standard InChI is InChI=1S/C20H12ClNO4S/c21-17-13(11-6-8-12(9-7-11)20(25)26)15-16(23)14(10-4-2-1-3-5-10)18(24)22-19(15)27-17/h1-9H,(H,25,26)(H2,22,23,24). The Kier molecular flexibility index (Phi) is 4.22. The van der Waals surface area contributed by atoms with Gasteiger partial charge in [-0.3, -0.25) is 4.79 Å². The van der Waals surface area contributed by atoms with Crippen molar-refractivity contribution in [1.82, 2.24) is 4.98 Å². The Morgan fingerprint density at radius 2 is 1.59 bits per heavy atom. The average Bonchev–Trinajstić information content (AvgIpc) is 2.98. The molecule has 0 aliphatic carbocycles. The molecule has 4 rings (SSSR count). The number of halogens is 1. The largest absolute Gasteiger partial charge is 0.506 e. The van der Waals surface area contributed by atoms with Crippen LogP contribution in [0.15, 0.2) is 59.4 Å². The molecule has 0 unspecified atom stereocenters. The van der Waals surface area contributed by atoms with Crippen molar-refractivity contribution in [2.45, 2.75) is 0 Å². The molecule has 0 radical (unpaired) electrons. The highest BCUT2D eigenvalue weighted by Gasteiger charge is 2.22. The lowest BCUT2D eigenvalue weighted by atomic mass is 10.00. The summed E-state index contributed by atoms with van der Waals surface area (Å²) in [6.45, 7) is 0. The predicted octanol–water partition coefficient (Wildman–Crippen LogP) is 4.98. The van der Waals surface area contributed by atoms with E-state index in [0.717, 1.165) is 11.3 Å². The fraction of sp³-hybridized carbons (Fsp3) is 0. The summed E-state index contributed by atoms with van der Waals surface area (Å²) in [7, 11) is 0. The predicted molar refractivity (Wildman–Crippen MR) is 107 cm³/mol. The highest BCUT2D eigenvalue weighted by molar-refractivity contribution is 7.23. The van der Waals surface area contributed by atoms with Gasteiger partial charge in [-0.2, -0.15) is 0 Å². The van der Waals surface area contributed by atoms with E-state index in [2.05, 4.69) is 4.98 Å². The number of aromatic hydroxyl groups is 1. The van der Waals surface area contributed by atoms with E-state index in [1.807, 2.05) is 6.07 Å². The van der Waals surface area contributed by atoms with E-state index in [1.165, 1.54) is 12.1 Å². The molecule has 4 aromatic rings. The number of hydrogen-bond donors (Lipinski definition) is 3. The average molecular weight is 398 g/mol. The summed E-state index contributed by atoms with van der Waals surface area (Å²) >= 11 is 7.55. The lowest BCUT2D eigenvalue weighted by Gasteiger charge is -2.08. The van der Waals surface area contributed by atoms with Gasteiger partial charge in [-0.25, -0.2) is 4.79 Å². The van der Waals surface area contributed by atoms with Gasteiger partial charge in [-0.05, 0) is 23.3 Å². The molecule has 0 spiro atoms. The maximum atomic E-state index is 12.5. The molecule has 0 fully saturated rings. The highest BCUT2D eigenvalue weighted by atomic mass is 35.5. The van der Waals surface area contributed by atoms with Gasteiger partial charge >= 0.3 is 5.97 Å². The van der Waals surface area contributed by atoms with Crippen LogP contribution in [0.25, 0.3) is 32.5 Å². The number of carboxylic acids is 1. The quantitative estimate of drug-likeness (QED) is 0.454. The molecule has 5 nitrogen and oxygen atoms in total. The first kappa shape index (κ1) is 17.3. The molecule has 2 aromatic carbocycles. The molecule has 134 valence electrons. The number of nitrogens with one attached hydrogen (secondary N) is 1. The van der Waals surface area contributed by atoms with Gasteiger partial charge in [-0.15, -0.1) is 11.3 Å². The van der Waals surface area contributed by atoms with Crippen LogP contribution in [0.3, 0.4) is 0 Å². The number of H-pyrrole nitrogens is 1. The fourth-order valence-electron chi connectivity index (χ4n) is 3.03. The number of rotatable bonds is 3. The highest BCUT2D eigenvalue weighted by Crippen LogP contribution is 2.46. The first-order chi connectivity index (χ1) is 13.0. The Balaban J connectivity index is 2.01. The zero-order chi connectivity index (χ0) is 19.1. The molecule has 0 atom stereocenters. The number of carbonyl (C=O) groups is 1. The van der Waals surface area contributed by atoms with Crippen molar-refractivity contribution in [2.75, 3.05) is 0 Å². The summed E-state index contributed by atoms with van der Waals surface area (Å²) in [5.41, 5.74) is 1.71. The molecule has 2 heterocycles. The number of aromatic amines is 1. The molecule has 27 heavy (non-hydrogen) atoms. The fourth-order valence-corrected chi connectivity index (χ4v) is 4.41. The summed E-state index contributed by atoms with van der Waals surface area (Å²) in [6.07, 6.45) is 0. The van der Waals surface area contributed by atoms with E-state index in [9.17, 15) is 14.7 Å². The SMILES string of the molecule is O=C(O)c1ccc(-c2c(Cl)sc3[nH]c(=O)c(-c4ccccc4)c(O)c23)cc1. The molecular weight excluding hydrogens is 386 g/mol. The van der Waals surface area contributed by atoms with Gasteiger partial charge in [0, 0.05) is 5.56 Å². The summed E-state index contributed by atoms with van der Waals surface area (Å²) in [4.78, 5) is 26.8. The van der Waals surface area contributed by atoms with Crippen LogP contribution in [0, 0.1) is 0 Å². The number of aromatic nitrogens is 1. The monoisotopic (exact) mass is 397 g/mol. The summed E-state index contributed by atoms with van der Waals surface area (Å²) in [5, 5.41) is 20.4. The second-order valence-electron chi connectivity index (χ2n) is 5.88. The summed E-state index contributed by atoms with van der Waals surface area (Å²) in [5.74, 6) is -1.18. The zero-order valence-corrected chi connectivity index (χ0v) is 15.3. The third-order valence-electron chi connectivity index (χ3n) is 4.28. The molecule has 3 N–H and O–H groups in total. The van der Waals surface area contributed by atoms with E-state index in [1.54, 1.807) is 36.4 Å². The Bertz CT molecular complexity index is 1230. The van der Waals surface area contributed by atoms with Crippen LogP contribution < -0.4 is 5.56 Å². The topological polar surface area (TPSA) is 90.4 Å². The van der Waals surface area contributed by atoms with Crippen molar-refractivity contribution in [3.63, 3.8) is 0 Å². The van der Waals surface area contributed by atoms with E-state index in [0.29, 0.717) is 31.2 Å². The van der Waals surface area contributed by atoms with E-state index < -0.39 is 11.5 Å². The van der Waals surface area contributed by atoms with Crippen LogP contribution in [0.5, 0.6) is 5.75 Å². The Labute approximate surface area is 162 Å². The van der Waals surface area contributed by atoms with Crippen molar-refractivity contribution >= 4 is 39.1 Å². The normalized spacial score (nSPS) is 11.0. The van der Waals surface area contributed by atoms with Crippen LogP contribution in [0.2, 0.25) is 4.34 Å². The van der Waals surface area contributed by atoms with E-state index >= 15 is 0 Å². The van der Waals surface area contributed by atoms with Crippen LogP contribution >= 0.6 is 22.9 Å².